The van der Waals surface area contributed by atoms with Crippen molar-refractivity contribution in [2.45, 2.75) is 40.0 Å². The average Bonchev–Trinajstić information content (AvgIpc) is 3.23. The zero-order valence-electron chi connectivity index (χ0n) is 18.4. The van der Waals surface area contributed by atoms with Gasteiger partial charge >= 0.3 is 0 Å². The molecule has 164 valence electrons. The molecule has 3 heterocycles. The van der Waals surface area contributed by atoms with E-state index in [-0.39, 0.29) is 17.4 Å². The molecule has 1 saturated heterocycles. The second kappa shape index (κ2) is 9.22. The minimum atomic E-state index is -0.0950. The lowest BCUT2D eigenvalue weighted by atomic mass is 9.97. The number of aromatic nitrogens is 2. The Labute approximate surface area is 186 Å². The van der Waals surface area contributed by atoms with Crippen LogP contribution in [-0.2, 0) is 4.79 Å². The summed E-state index contributed by atoms with van der Waals surface area (Å²) < 4.78 is 2.36. The van der Waals surface area contributed by atoms with Gasteiger partial charge in [-0.15, -0.1) is 11.3 Å². The standard InChI is InChI=1S/C24H30N4O2S/c1-16(2)10-12-25-22(29)18-5-4-13-27(15-18)24-26-20-11-14-31-21(20)23(30)28(24)19-8-6-17(3)7-9-19/h6-9,11,14,16,18H,4-5,10,12-13,15H2,1-3H3,(H,25,29)/t18-/m1/s1. The Hall–Kier alpha value is -2.67. The quantitative estimate of drug-likeness (QED) is 0.628. The van der Waals surface area contributed by atoms with Crippen molar-refractivity contribution in [2.24, 2.45) is 11.8 Å². The molecular formula is C24H30N4O2S. The van der Waals surface area contributed by atoms with Gasteiger partial charge in [-0.05, 0) is 55.7 Å². The fourth-order valence-electron chi connectivity index (χ4n) is 4.04. The van der Waals surface area contributed by atoms with Crippen LogP contribution in [0, 0.1) is 18.8 Å². The summed E-state index contributed by atoms with van der Waals surface area (Å²) in [5.41, 5.74) is 2.61. The number of piperidine rings is 1. The van der Waals surface area contributed by atoms with E-state index in [0.29, 0.717) is 29.7 Å². The van der Waals surface area contributed by atoms with Crippen molar-refractivity contribution in [3.8, 4) is 5.69 Å². The molecule has 1 atom stereocenters. The van der Waals surface area contributed by atoms with Gasteiger partial charge in [0.15, 0.2) is 0 Å². The summed E-state index contributed by atoms with van der Waals surface area (Å²) in [6.07, 6.45) is 2.73. The van der Waals surface area contributed by atoms with Crippen LogP contribution in [-0.4, -0.2) is 35.1 Å². The number of nitrogens with zero attached hydrogens (tertiary/aromatic N) is 3. The van der Waals surface area contributed by atoms with E-state index in [4.69, 9.17) is 4.98 Å². The number of carbonyl (C=O) groups is 1. The third kappa shape index (κ3) is 4.66. The molecule has 0 unspecified atom stereocenters. The van der Waals surface area contributed by atoms with E-state index < -0.39 is 0 Å². The van der Waals surface area contributed by atoms with Gasteiger partial charge in [0.2, 0.25) is 11.9 Å². The Morgan fingerprint density at radius 1 is 1.26 bits per heavy atom. The molecule has 31 heavy (non-hydrogen) atoms. The molecule has 1 aromatic carbocycles. The second-order valence-corrected chi connectivity index (χ2v) is 9.70. The number of thiophene rings is 1. The number of hydrogen-bond acceptors (Lipinski definition) is 5. The van der Waals surface area contributed by atoms with Crippen LogP contribution in [0.2, 0.25) is 0 Å². The first kappa shape index (κ1) is 21.6. The minimum Gasteiger partial charge on any atom is -0.356 e. The van der Waals surface area contributed by atoms with Crippen LogP contribution in [0.5, 0.6) is 0 Å². The highest BCUT2D eigenvalue weighted by atomic mass is 32.1. The number of fused-ring (bicyclic) bond motifs is 1. The average molecular weight is 439 g/mol. The van der Waals surface area contributed by atoms with E-state index in [1.54, 1.807) is 4.57 Å². The summed E-state index contributed by atoms with van der Waals surface area (Å²) in [5.74, 6) is 1.20. The van der Waals surface area contributed by atoms with Crippen LogP contribution in [0.15, 0.2) is 40.5 Å². The number of aryl methyl sites for hydroxylation is 1. The van der Waals surface area contributed by atoms with Crippen molar-refractivity contribution < 1.29 is 4.79 Å². The molecule has 0 saturated carbocycles. The van der Waals surface area contributed by atoms with Crippen molar-refractivity contribution in [1.29, 1.82) is 0 Å². The third-order valence-electron chi connectivity index (χ3n) is 5.85. The van der Waals surface area contributed by atoms with Gasteiger partial charge in [-0.3, -0.25) is 9.59 Å². The lowest BCUT2D eigenvalue weighted by Gasteiger charge is -2.34. The summed E-state index contributed by atoms with van der Waals surface area (Å²) in [7, 11) is 0. The normalized spacial score (nSPS) is 16.8. The van der Waals surface area contributed by atoms with Crippen molar-refractivity contribution >= 4 is 33.4 Å². The van der Waals surface area contributed by atoms with E-state index in [2.05, 4.69) is 24.1 Å². The predicted molar refractivity (Wildman–Crippen MR) is 127 cm³/mol. The van der Waals surface area contributed by atoms with E-state index in [9.17, 15) is 9.59 Å². The van der Waals surface area contributed by atoms with E-state index in [1.807, 2.05) is 42.6 Å². The molecule has 7 heteroatoms. The summed E-state index contributed by atoms with van der Waals surface area (Å²) in [5, 5.41) is 5.00. The summed E-state index contributed by atoms with van der Waals surface area (Å²) in [6, 6.07) is 9.82. The van der Waals surface area contributed by atoms with Crippen LogP contribution in [0.3, 0.4) is 0 Å². The third-order valence-corrected chi connectivity index (χ3v) is 6.74. The van der Waals surface area contributed by atoms with Crippen LogP contribution < -0.4 is 15.8 Å². The Morgan fingerprint density at radius 3 is 2.77 bits per heavy atom. The van der Waals surface area contributed by atoms with Crippen molar-refractivity contribution in [3.63, 3.8) is 0 Å². The first-order valence-electron chi connectivity index (χ1n) is 11.0. The van der Waals surface area contributed by atoms with Gasteiger partial charge in [-0.1, -0.05) is 31.5 Å². The molecule has 1 aliphatic heterocycles. The monoisotopic (exact) mass is 438 g/mol. The van der Waals surface area contributed by atoms with Crippen LogP contribution >= 0.6 is 11.3 Å². The first-order valence-corrected chi connectivity index (χ1v) is 11.9. The molecule has 0 aliphatic carbocycles. The number of benzene rings is 1. The van der Waals surface area contributed by atoms with E-state index in [0.717, 1.165) is 42.6 Å². The maximum absolute atomic E-state index is 13.4. The first-order chi connectivity index (χ1) is 14.9. The van der Waals surface area contributed by atoms with Crippen LogP contribution in [0.25, 0.3) is 15.9 Å². The lowest BCUT2D eigenvalue weighted by molar-refractivity contribution is -0.125. The largest absolute Gasteiger partial charge is 0.356 e. The minimum absolute atomic E-state index is 0.0534. The summed E-state index contributed by atoms with van der Waals surface area (Å²) in [6.45, 7) is 8.41. The number of carbonyl (C=O) groups excluding carboxylic acids is 1. The van der Waals surface area contributed by atoms with Gasteiger partial charge in [0.05, 0.1) is 17.1 Å². The smallest absolute Gasteiger partial charge is 0.277 e. The molecule has 0 radical (unpaired) electrons. The van der Waals surface area contributed by atoms with E-state index >= 15 is 0 Å². The highest BCUT2D eigenvalue weighted by Crippen LogP contribution is 2.26. The summed E-state index contributed by atoms with van der Waals surface area (Å²) in [4.78, 5) is 33.1. The number of nitrogens with one attached hydrogen (secondary N) is 1. The molecule has 1 aliphatic rings. The molecule has 0 bridgehead atoms. The Balaban J connectivity index is 1.66. The number of rotatable bonds is 6. The zero-order chi connectivity index (χ0) is 22.0. The van der Waals surface area contributed by atoms with E-state index in [1.165, 1.54) is 11.3 Å². The fraction of sp³-hybridized carbons (Fsp3) is 0.458. The molecule has 2 aromatic heterocycles. The number of hydrogen-bond donors (Lipinski definition) is 1. The zero-order valence-corrected chi connectivity index (χ0v) is 19.2. The highest BCUT2D eigenvalue weighted by Gasteiger charge is 2.29. The maximum atomic E-state index is 13.4. The maximum Gasteiger partial charge on any atom is 0.277 e. The van der Waals surface area contributed by atoms with Crippen molar-refractivity contribution in [1.82, 2.24) is 14.9 Å². The van der Waals surface area contributed by atoms with Gasteiger partial charge in [-0.25, -0.2) is 9.55 Å². The molecule has 3 aromatic rings. The number of anilines is 1. The SMILES string of the molecule is Cc1ccc(-n2c(N3CCC[C@@H](C(=O)NCCC(C)C)C3)nc3ccsc3c2=O)cc1. The lowest BCUT2D eigenvalue weighted by Crippen LogP contribution is -2.45. The van der Waals surface area contributed by atoms with Crippen LogP contribution in [0.4, 0.5) is 5.95 Å². The van der Waals surface area contributed by atoms with Gasteiger partial charge in [-0.2, -0.15) is 0 Å². The van der Waals surface area contributed by atoms with Crippen molar-refractivity contribution in [3.05, 3.63) is 51.6 Å². The molecule has 6 nitrogen and oxygen atoms in total. The molecule has 1 fully saturated rings. The van der Waals surface area contributed by atoms with Gasteiger partial charge in [0.25, 0.3) is 5.56 Å². The molecule has 1 N–H and O–H groups in total. The van der Waals surface area contributed by atoms with Gasteiger partial charge < -0.3 is 10.2 Å². The molecular weight excluding hydrogens is 408 g/mol. The predicted octanol–water partition coefficient (Wildman–Crippen LogP) is 4.13. The summed E-state index contributed by atoms with van der Waals surface area (Å²) >= 11 is 1.42. The van der Waals surface area contributed by atoms with Gasteiger partial charge in [0, 0.05) is 19.6 Å². The fourth-order valence-corrected chi connectivity index (χ4v) is 4.80. The van der Waals surface area contributed by atoms with Gasteiger partial charge in [0.1, 0.15) is 4.70 Å². The van der Waals surface area contributed by atoms with Crippen LogP contribution in [0.1, 0.15) is 38.7 Å². The molecule has 1 amide bonds. The second-order valence-electron chi connectivity index (χ2n) is 8.78. The van der Waals surface area contributed by atoms with Crippen molar-refractivity contribution in [2.75, 3.05) is 24.5 Å². The topological polar surface area (TPSA) is 67.2 Å². The number of amides is 1. The Kier molecular flexibility index (Phi) is 6.41. The Bertz CT molecular complexity index is 1120. The molecule has 0 spiro atoms. The molecule has 4 rings (SSSR count). The Morgan fingerprint density at radius 2 is 2.03 bits per heavy atom. The highest BCUT2D eigenvalue weighted by molar-refractivity contribution is 7.17.